The Hall–Kier alpha value is -2.80. The number of benzene rings is 2. The van der Waals surface area contributed by atoms with E-state index in [-0.39, 0.29) is 6.42 Å². The average Bonchev–Trinajstić information content (AvgIpc) is 2.67. The van der Waals surface area contributed by atoms with Crippen LogP contribution in [0.15, 0.2) is 78.4 Å². The molecule has 0 aromatic heterocycles. The Labute approximate surface area is 160 Å². The Kier molecular flexibility index (Phi) is 6.36. The molecular formula is C21H19F4NO2. The molecule has 2 aromatic carbocycles. The third-order valence-corrected chi connectivity index (χ3v) is 4.02. The van der Waals surface area contributed by atoms with E-state index in [9.17, 15) is 17.6 Å². The Morgan fingerprint density at radius 1 is 1.04 bits per heavy atom. The van der Waals surface area contributed by atoms with Crippen molar-refractivity contribution in [1.82, 2.24) is 0 Å². The summed E-state index contributed by atoms with van der Waals surface area (Å²) in [6.07, 6.45) is -4.70. The van der Waals surface area contributed by atoms with Crippen molar-refractivity contribution in [3.05, 3.63) is 78.4 Å². The summed E-state index contributed by atoms with van der Waals surface area (Å²) in [4.78, 5) is 0. The summed E-state index contributed by atoms with van der Waals surface area (Å²) in [6.45, 7) is 0.360. The van der Waals surface area contributed by atoms with Crippen LogP contribution < -0.4 is 10.1 Å². The fourth-order valence-corrected chi connectivity index (χ4v) is 2.69. The first kappa shape index (κ1) is 19.9. The molecule has 0 spiro atoms. The molecule has 0 radical (unpaired) electrons. The first-order chi connectivity index (χ1) is 13.4. The third kappa shape index (κ3) is 5.60. The van der Waals surface area contributed by atoms with Gasteiger partial charge < -0.3 is 14.8 Å². The predicted molar refractivity (Wildman–Crippen MR) is 99.1 cm³/mol. The molecule has 0 saturated carbocycles. The summed E-state index contributed by atoms with van der Waals surface area (Å²) in [6, 6.07) is 16.6. The lowest BCUT2D eigenvalue weighted by Gasteiger charge is -2.24. The number of nitrogens with one attached hydrogen (secondary N) is 1. The number of halogens is 4. The molecule has 3 nitrogen and oxygen atoms in total. The molecular weight excluding hydrogens is 374 g/mol. The van der Waals surface area contributed by atoms with Gasteiger partial charge in [0, 0.05) is 24.7 Å². The van der Waals surface area contributed by atoms with Crippen LogP contribution >= 0.6 is 0 Å². The number of allylic oxidation sites excluding steroid dienone is 2. The smallest absolute Gasteiger partial charge is 0.417 e. The highest BCUT2D eigenvalue weighted by molar-refractivity contribution is 5.50. The predicted octanol–water partition coefficient (Wildman–Crippen LogP) is 6.02. The van der Waals surface area contributed by atoms with E-state index < -0.39 is 18.6 Å². The Balaban J connectivity index is 1.55. The van der Waals surface area contributed by atoms with Crippen molar-refractivity contribution in [3.8, 4) is 11.5 Å². The standard InChI is InChI=1S/C21H19F4NO2/c22-20(23)21(24,25)28-19-11-4-6-15(12-19)14-26-16-7-5-10-18(13-16)27-17-8-2-1-3-9-17/h1-11,13,19-20,26H,12,14H2/t19-/m1/s1. The normalized spacial score (nSPS) is 16.8. The number of hydrogen-bond donors (Lipinski definition) is 1. The molecule has 2 aromatic rings. The highest BCUT2D eigenvalue weighted by atomic mass is 19.3. The number of alkyl halides is 4. The SMILES string of the molecule is FC(F)C(F)(F)O[C@@H]1C=CC=C(CNc2cccc(Oc3ccccc3)c2)C1. The molecule has 1 N–H and O–H groups in total. The first-order valence-electron chi connectivity index (χ1n) is 8.69. The van der Waals surface area contributed by atoms with E-state index in [1.54, 1.807) is 6.08 Å². The van der Waals surface area contributed by atoms with E-state index >= 15 is 0 Å². The fourth-order valence-electron chi connectivity index (χ4n) is 2.69. The largest absolute Gasteiger partial charge is 0.457 e. The molecule has 0 heterocycles. The van der Waals surface area contributed by atoms with Crippen LogP contribution in [0.1, 0.15) is 6.42 Å². The maximum atomic E-state index is 13.1. The van der Waals surface area contributed by atoms with Gasteiger partial charge in [-0.15, -0.1) is 0 Å². The third-order valence-electron chi connectivity index (χ3n) is 4.02. The van der Waals surface area contributed by atoms with Gasteiger partial charge in [-0.2, -0.15) is 8.78 Å². The van der Waals surface area contributed by atoms with E-state index in [0.717, 1.165) is 11.3 Å². The van der Waals surface area contributed by atoms with Crippen molar-refractivity contribution in [3.63, 3.8) is 0 Å². The van der Waals surface area contributed by atoms with Gasteiger partial charge in [-0.05, 0) is 29.8 Å². The minimum atomic E-state index is -4.46. The van der Waals surface area contributed by atoms with Crippen LogP contribution in [0.3, 0.4) is 0 Å². The lowest BCUT2D eigenvalue weighted by Crippen LogP contribution is -2.35. The van der Waals surface area contributed by atoms with Gasteiger partial charge in [-0.25, -0.2) is 8.78 Å². The highest BCUT2D eigenvalue weighted by Crippen LogP contribution is 2.29. The van der Waals surface area contributed by atoms with Crippen molar-refractivity contribution in [2.75, 3.05) is 11.9 Å². The van der Waals surface area contributed by atoms with Crippen molar-refractivity contribution in [1.29, 1.82) is 0 Å². The lowest BCUT2D eigenvalue weighted by molar-refractivity contribution is -0.311. The summed E-state index contributed by atoms with van der Waals surface area (Å²) in [5.41, 5.74) is 1.53. The Bertz CT molecular complexity index is 837. The molecule has 3 rings (SSSR count). The van der Waals surface area contributed by atoms with Crippen LogP contribution in [-0.2, 0) is 4.74 Å². The van der Waals surface area contributed by atoms with E-state index in [4.69, 9.17) is 4.74 Å². The van der Waals surface area contributed by atoms with Gasteiger partial charge in [0.15, 0.2) is 0 Å². The number of hydrogen-bond acceptors (Lipinski definition) is 3. The summed E-state index contributed by atoms with van der Waals surface area (Å²) in [7, 11) is 0. The van der Waals surface area contributed by atoms with Gasteiger partial charge in [-0.1, -0.05) is 42.5 Å². The van der Waals surface area contributed by atoms with Crippen LogP contribution in [0.5, 0.6) is 11.5 Å². The van der Waals surface area contributed by atoms with Gasteiger partial charge in [-0.3, -0.25) is 0 Å². The molecule has 148 valence electrons. The molecule has 0 fully saturated rings. The summed E-state index contributed by atoms with van der Waals surface area (Å²) in [5, 5.41) is 3.17. The van der Waals surface area contributed by atoms with Gasteiger partial charge in [0.1, 0.15) is 11.5 Å². The van der Waals surface area contributed by atoms with Crippen LogP contribution in [0.2, 0.25) is 0 Å². The molecule has 1 atom stereocenters. The summed E-state index contributed by atoms with van der Waals surface area (Å²) < 4.78 is 60.7. The average molecular weight is 393 g/mol. The van der Waals surface area contributed by atoms with E-state index in [1.807, 2.05) is 54.6 Å². The van der Waals surface area contributed by atoms with Crippen molar-refractivity contribution in [2.45, 2.75) is 25.1 Å². The zero-order chi connectivity index (χ0) is 20.0. The molecule has 28 heavy (non-hydrogen) atoms. The van der Waals surface area contributed by atoms with Crippen LogP contribution in [0.4, 0.5) is 23.2 Å². The molecule has 7 heteroatoms. The fraction of sp³-hybridized carbons (Fsp3) is 0.238. The number of para-hydroxylation sites is 1. The van der Waals surface area contributed by atoms with E-state index in [0.29, 0.717) is 18.0 Å². The quantitative estimate of drug-likeness (QED) is 0.556. The van der Waals surface area contributed by atoms with Crippen LogP contribution in [0.25, 0.3) is 0 Å². The first-order valence-corrected chi connectivity index (χ1v) is 8.69. The van der Waals surface area contributed by atoms with Crippen molar-refractivity contribution < 1.29 is 27.0 Å². The number of ether oxygens (including phenoxy) is 2. The molecule has 0 amide bonds. The minimum Gasteiger partial charge on any atom is -0.457 e. The lowest BCUT2D eigenvalue weighted by atomic mass is 10.0. The Morgan fingerprint density at radius 3 is 2.54 bits per heavy atom. The highest BCUT2D eigenvalue weighted by Gasteiger charge is 2.44. The monoisotopic (exact) mass is 393 g/mol. The van der Waals surface area contributed by atoms with Gasteiger partial charge >= 0.3 is 12.5 Å². The van der Waals surface area contributed by atoms with Crippen molar-refractivity contribution in [2.24, 2.45) is 0 Å². The van der Waals surface area contributed by atoms with Gasteiger partial charge in [0.25, 0.3) is 0 Å². The molecule has 0 unspecified atom stereocenters. The van der Waals surface area contributed by atoms with Crippen LogP contribution in [0, 0.1) is 0 Å². The maximum absolute atomic E-state index is 13.1. The van der Waals surface area contributed by atoms with Gasteiger partial charge in [0.05, 0.1) is 6.10 Å². The molecule has 0 bridgehead atoms. The summed E-state index contributed by atoms with van der Waals surface area (Å²) in [5.74, 6) is 1.35. The molecule has 1 aliphatic carbocycles. The van der Waals surface area contributed by atoms with Crippen molar-refractivity contribution >= 4 is 5.69 Å². The van der Waals surface area contributed by atoms with Gasteiger partial charge in [0.2, 0.25) is 0 Å². The second kappa shape index (κ2) is 8.93. The number of rotatable bonds is 8. The minimum absolute atomic E-state index is 0.103. The van der Waals surface area contributed by atoms with E-state index in [1.165, 1.54) is 12.2 Å². The zero-order valence-electron chi connectivity index (χ0n) is 14.8. The molecule has 0 aliphatic heterocycles. The maximum Gasteiger partial charge on any atom is 0.417 e. The zero-order valence-corrected chi connectivity index (χ0v) is 14.8. The Morgan fingerprint density at radius 2 is 1.79 bits per heavy atom. The molecule has 0 saturated heterocycles. The van der Waals surface area contributed by atoms with E-state index in [2.05, 4.69) is 10.1 Å². The summed E-state index contributed by atoms with van der Waals surface area (Å²) >= 11 is 0. The second-order valence-corrected chi connectivity index (χ2v) is 6.23. The molecule has 1 aliphatic rings. The number of anilines is 1. The van der Waals surface area contributed by atoms with Crippen LogP contribution in [-0.4, -0.2) is 25.2 Å². The second-order valence-electron chi connectivity index (χ2n) is 6.23. The topological polar surface area (TPSA) is 30.5 Å².